The van der Waals surface area contributed by atoms with Crippen molar-refractivity contribution < 1.29 is 21.1 Å². The third kappa shape index (κ3) is 4.02. The molecule has 0 amide bonds. The quantitative estimate of drug-likeness (QED) is 0.488. The molecule has 3 heteroatoms. The summed E-state index contributed by atoms with van der Waals surface area (Å²) >= 11 is 0. The summed E-state index contributed by atoms with van der Waals surface area (Å²) in [6.07, 6.45) is 1.09. The Morgan fingerprint density at radius 2 is 1.54 bits per heavy atom. The maximum Gasteiger partial charge on any atom is 0.0759 e. The average Bonchev–Trinajstić information content (AvgIpc) is 2.89. The number of benzene rings is 1. The predicted octanol–water partition coefficient (Wildman–Crippen LogP) is 6.11. The van der Waals surface area contributed by atoms with E-state index in [0.717, 1.165) is 6.42 Å². The van der Waals surface area contributed by atoms with Crippen LogP contribution < -0.4 is 0 Å². The van der Waals surface area contributed by atoms with Crippen LogP contribution in [-0.2, 0) is 31.9 Å². The molecule has 0 spiro atoms. The van der Waals surface area contributed by atoms with Crippen molar-refractivity contribution in [1.29, 1.82) is 0 Å². The minimum Gasteiger partial charge on any atom is -0.266 e. The van der Waals surface area contributed by atoms with Crippen LogP contribution in [0.1, 0.15) is 79.2 Å². The molecule has 0 fully saturated rings. The number of aromatic nitrogens is 2. The molecular weight excluding hydrogens is 475 g/mol. The largest absolute Gasteiger partial charge is 0.266 e. The summed E-state index contributed by atoms with van der Waals surface area (Å²) in [5.74, 6) is 0. The van der Waals surface area contributed by atoms with Gasteiger partial charge in [-0.05, 0) is 25.8 Å². The van der Waals surface area contributed by atoms with Gasteiger partial charge in [0.25, 0.3) is 0 Å². The molecule has 0 aliphatic carbocycles. The molecule has 0 N–H and O–H groups in total. The van der Waals surface area contributed by atoms with Gasteiger partial charge in [0.05, 0.1) is 11.4 Å². The van der Waals surface area contributed by atoms with Crippen molar-refractivity contribution in [1.82, 2.24) is 9.78 Å². The Bertz CT molecular complexity index is 661. The standard InChI is InChI=1S/C21H32N2.Pt/c1-9-21(7,8)19-17(16-13-11-10-12-14-16)18(20(4,5)6)22-23(19)15(2)3;/h10-15H,9H2,1-8H3;. The maximum atomic E-state index is 5.09. The van der Waals surface area contributed by atoms with Crippen molar-refractivity contribution in [3.05, 3.63) is 41.7 Å². The first-order chi connectivity index (χ1) is 10.6. The molecule has 0 saturated carbocycles. The van der Waals surface area contributed by atoms with Crippen LogP contribution in [0.5, 0.6) is 0 Å². The minimum absolute atomic E-state index is 0. The first-order valence-corrected chi connectivity index (χ1v) is 8.78. The first kappa shape index (κ1) is 21.2. The van der Waals surface area contributed by atoms with Crippen LogP contribution in [0.2, 0.25) is 0 Å². The van der Waals surface area contributed by atoms with Crippen LogP contribution in [0.3, 0.4) is 0 Å². The van der Waals surface area contributed by atoms with Gasteiger partial charge in [-0.25, -0.2) is 0 Å². The summed E-state index contributed by atoms with van der Waals surface area (Å²) in [5, 5.41) is 5.09. The number of nitrogens with zero attached hydrogens (tertiary/aromatic N) is 2. The number of hydrogen-bond acceptors (Lipinski definition) is 1. The van der Waals surface area contributed by atoms with Crippen LogP contribution in [0.15, 0.2) is 30.3 Å². The van der Waals surface area contributed by atoms with Crippen molar-refractivity contribution in [3.8, 4) is 11.1 Å². The zero-order chi connectivity index (χ0) is 17.4. The summed E-state index contributed by atoms with van der Waals surface area (Å²) < 4.78 is 2.26. The number of rotatable bonds is 4. The zero-order valence-electron chi connectivity index (χ0n) is 16.4. The van der Waals surface area contributed by atoms with E-state index in [2.05, 4.69) is 90.4 Å². The monoisotopic (exact) mass is 507 g/mol. The van der Waals surface area contributed by atoms with E-state index in [-0.39, 0.29) is 31.9 Å². The van der Waals surface area contributed by atoms with Crippen molar-refractivity contribution in [2.24, 2.45) is 0 Å². The molecule has 2 aromatic rings. The third-order valence-corrected chi connectivity index (χ3v) is 4.70. The van der Waals surface area contributed by atoms with Crippen LogP contribution in [-0.4, -0.2) is 9.78 Å². The normalized spacial score (nSPS) is 12.4. The summed E-state index contributed by atoms with van der Waals surface area (Å²) in [7, 11) is 0. The van der Waals surface area contributed by atoms with Gasteiger partial charge in [0, 0.05) is 43.5 Å². The fourth-order valence-electron chi connectivity index (χ4n) is 3.03. The Hall–Kier alpha value is -0.882. The van der Waals surface area contributed by atoms with Crippen molar-refractivity contribution in [3.63, 3.8) is 0 Å². The van der Waals surface area contributed by atoms with Gasteiger partial charge < -0.3 is 0 Å². The first-order valence-electron chi connectivity index (χ1n) is 8.78. The van der Waals surface area contributed by atoms with Gasteiger partial charge in [0.15, 0.2) is 0 Å². The van der Waals surface area contributed by atoms with E-state index in [4.69, 9.17) is 5.10 Å². The van der Waals surface area contributed by atoms with E-state index in [0.29, 0.717) is 6.04 Å². The van der Waals surface area contributed by atoms with Crippen molar-refractivity contribution in [2.45, 2.75) is 78.7 Å². The van der Waals surface area contributed by atoms with Crippen LogP contribution in [0, 0.1) is 0 Å². The van der Waals surface area contributed by atoms with Crippen molar-refractivity contribution in [2.75, 3.05) is 0 Å². The van der Waals surface area contributed by atoms with E-state index in [9.17, 15) is 0 Å². The van der Waals surface area contributed by atoms with Crippen LogP contribution in [0.4, 0.5) is 0 Å². The third-order valence-electron chi connectivity index (χ3n) is 4.70. The molecule has 0 unspecified atom stereocenters. The van der Waals surface area contributed by atoms with Gasteiger partial charge in [-0.3, -0.25) is 4.68 Å². The van der Waals surface area contributed by atoms with Crippen LogP contribution >= 0.6 is 0 Å². The fourth-order valence-corrected chi connectivity index (χ4v) is 3.03. The second kappa shape index (κ2) is 7.56. The molecule has 136 valence electrons. The Morgan fingerprint density at radius 1 is 1.00 bits per heavy atom. The van der Waals surface area contributed by atoms with E-state index in [1.807, 2.05) is 0 Å². The Kier molecular flexibility index (Phi) is 6.67. The molecule has 1 heterocycles. The Labute approximate surface area is 162 Å². The molecule has 1 aromatic carbocycles. The molecule has 0 bridgehead atoms. The maximum absolute atomic E-state index is 5.09. The molecule has 0 atom stereocenters. The van der Waals surface area contributed by atoms with Gasteiger partial charge in [-0.15, -0.1) is 0 Å². The fraction of sp³-hybridized carbons (Fsp3) is 0.571. The summed E-state index contributed by atoms with van der Waals surface area (Å²) in [4.78, 5) is 0. The summed E-state index contributed by atoms with van der Waals surface area (Å²) in [5.41, 5.74) is 5.29. The molecule has 0 radical (unpaired) electrons. The van der Waals surface area contributed by atoms with E-state index in [1.165, 1.54) is 22.5 Å². The summed E-state index contributed by atoms with van der Waals surface area (Å²) in [6, 6.07) is 11.1. The average molecular weight is 508 g/mol. The molecule has 1 aromatic heterocycles. The summed E-state index contributed by atoms with van der Waals surface area (Å²) in [6.45, 7) is 18.2. The smallest absolute Gasteiger partial charge is 0.0759 e. The molecule has 0 aliphatic heterocycles. The molecule has 2 rings (SSSR count). The van der Waals surface area contributed by atoms with Gasteiger partial charge >= 0.3 is 0 Å². The van der Waals surface area contributed by atoms with Gasteiger partial charge in [-0.2, -0.15) is 5.10 Å². The van der Waals surface area contributed by atoms with Gasteiger partial charge in [0.1, 0.15) is 0 Å². The van der Waals surface area contributed by atoms with Crippen LogP contribution in [0.25, 0.3) is 11.1 Å². The van der Waals surface area contributed by atoms with Gasteiger partial charge in [-0.1, -0.05) is 71.9 Å². The minimum atomic E-state index is 0. The zero-order valence-corrected chi connectivity index (χ0v) is 18.7. The predicted molar refractivity (Wildman–Crippen MR) is 100 cm³/mol. The second-order valence-corrected chi connectivity index (χ2v) is 8.46. The Balaban J connectivity index is 0.00000288. The second-order valence-electron chi connectivity index (χ2n) is 8.46. The van der Waals surface area contributed by atoms with E-state index in [1.54, 1.807) is 0 Å². The van der Waals surface area contributed by atoms with E-state index >= 15 is 0 Å². The van der Waals surface area contributed by atoms with Gasteiger partial charge in [0.2, 0.25) is 0 Å². The molecule has 24 heavy (non-hydrogen) atoms. The van der Waals surface area contributed by atoms with E-state index < -0.39 is 0 Å². The SMILES string of the molecule is CCC(C)(C)c1c(-c2ccccc2)c(C(C)(C)C)nn1C(C)C.[Pt]. The van der Waals surface area contributed by atoms with Crippen molar-refractivity contribution >= 4 is 0 Å². The topological polar surface area (TPSA) is 17.8 Å². The Morgan fingerprint density at radius 3 is 1.96 bits per heavy atom. The molecular formula is C21H32N2Pt. The molecule has 0 aliphatic rings. The number of hydrogen-bond donors (Lipinski definition) is 0. The molecule has 2 nitrogen and oxygen atoms in total. The molecule has 0 saturated heterocycles.